The molecule has 0 unspecified atom stereocenters. The molecule has 0 radical (unpaired) electrons. The number of hydrogen-bond acceptors (Lipinski definition) is 7. The van der Waals surface area contributed by atoms with Gasteiger partial charge in [0.15, 0.2) is 12.4 Å². The van der Waals surface area contributed by atoms with Crippen molar-refractivity contribution in [1.82, 2.24) is 20.2 Å². The molecule has 4 rings (SSSR count). The molecule has 3 N–H and O–H groups in total. The number of urea groups is 1. The van der Waals surface area contributed by atoms with Crippen LogP contribution in [0.25, 0.3) is 10.9 Å². The van der Waals surface area contributed by atoms with Crippen molar-refractivity contribution in [2.24, 2.45) is 5.92 Å². The first-order chi connectivity index (χ1) is 14.4. The molecular weight excluding hydrogens is 386 g/mol. The summed E-state index contributed by atoms with van der Waals surface area (Å²) in [6.07, 6.45) is 4.05. The van der Waals surface area contributed by atoms with Gasteiger partial charge in [-0.1, -0.05) is 25.5 Å². The van der Waals surface area contributed by atoms with Crippen molar-refractivity contribution in [2.45, 2.75) is 51.2 Å². The highest BCUT2D eigenvalue weighted by Gasteiger charge is 2.52. The van der Waals surface area contributed by atoms with Crippen LogP contribution in [-0.2, 0) is 20.9 Å². The largest absolute Gasteiger partial charge is 0.456 e. The summed E-state index contributed by atoms with van der Waals surface area (Å²) >= 11 is 0. The van der Waals surface area contributed by atoms with E-state index >= 15 is 0 Å². The van der Waals surface area contributed by atoms with Crippen molar-refractivity contribution in [2.75, 3.05) is 12.3 Å². The average molecular weight is 411 g/mol. The molecule has 2 aliphatic rings. The van der Waals surface area contributed by atoms with Crippen LogP contribution in [-0.4, -0.2) is 44.9 Å². The number of benzene rings is 1. The van der Waals surface area contributed by atoms with Crippen LogP contribution in [0.15, 0.2) is 24.3 Å². The first-order valence-electron chi connectivity index (χ1n) is 10.2. The van der Waals surface area contributed by atoms with Gasteiger partial charge in [-0.05, 0) is 43.7 Å². The number of nitrogen functional groups attached to an aromatic ring is 1. The number of para-hydroxylation sites is 1. The molecule has 1 aromatic heterocycles. The van der Waals surface area contributed by atoms with Crippen LogP contribution in [0.3, 0.4) is 0 Å². The minimum absolute atomic E-state index is 0.194. The van der Waals surface area contributed by atoms with E-state index in [1.54, 1.807) is 6.07 Å². The van der Waals surface area contributed by atoms with E-state index in [0.29, 0.717) is 30.1 Å². The molecule has 158 valence electrons. The van der Waals surface area contributed by atoms with Crippen molar-refractivity contribution in [3.8, 4) is 0 Å². The van der Waals surface area contributed by atoms with Gasteiger partial charge in [0, 0.05) is 5.39 Å². The molecule has 2 aromatic rings. The van der Waals surface area contributed by atoms with Crippen LogP contribution >= 0.6 is 0 Å². The molecule has 1 aliphatic heterocycles. The van der Waals surface area contributed by atoms with Crippen molar-refractivity contribution in [1.29, 1.82) is 0 Å². The quantitative estimate of drug-likeness (QED) is 0.570. The lowest BCUT2D eigenvalue weighted by atomic mass is 9.75. The average Bonchev–Trinajstić information content (AvgIpc) is 2.97. The van der Waals surface area contributed by atoms with Gasteiger partial charge in [0.05, 0.1) is 5.52 Å². The van der Waals surface area contributed by atoms with Crippen molar-refractivity contribution in [3.63, 3.8) is 0 Å². The van der Waals surface area contributed by atoms with Gasteiger partial charge in [-0.2, -0.15) is 0 Å². The van der Waals surface area contributed by atoms with Gasteiger partial charge < -0.3 is 15.8 Å². The molecule has 2 heterocycles. The number of anilines is 1. The highest BCUT2D eigenvalue weighted by molar-refractivity contribution is 6.08. The number of hydrogen-bond donors (Lipinski definition) is 2. The van der Waals surface area contributed by atoms with Crippen LogP contribution < -0.4 is 11.1 Å². The zero-order chi connectivity index (χ0) is 21.3. The summed E-state index contributed by atoms with van der Waals surface area (Å²) in [5, 5.41) is 3.53. The van der Waals surface area contributed by atoms with Crippen LogP contribution in [0.1, 0.15) is 44.9 Å². The van der Waals surface area contributed by atoms with Gasteiger partial charge in [-0.25, -0.2) is 14.8 Å². The number of nitrogens with zero attached hydrogens (tertiary/aromatic N) is 3. The molecule has 9 heteroatoms. The number of nitrogens with one attached hydrogen (secondary N) is 1. The zero-order valence-electron chi connectivity index (χ0n) is 16.9. The van der Waals surface area contributed by atoms with E-state index in [0.717, 1.165) is 29.5 Å². The van der Waals surface area contributed by atoms with Crippen molar-refractivity contribution >= 4 is 34.6 Å². The molecule has 0 atom stereocenters. The molecule has 2 fully saturated rings. The number of esters is 1. The molecule has 1 saturated heterocycles. The molecule has 30 heavy (non-hydrogen) atoms. The maximum Gasteiger partial charge on any atom is 0.326 e. The fraction of sp³-hybridized carbons (Fsp3) is 0.476. The molecular formula is C21H25N5O4. The Bertz CT molecular complexity index is 1000. The fourth-order valence-corrected chi connectivity index (χ4v) is 4.27. The molecule has 9 nitrogen and oxygen atoms in total. The van der Waals surface area contributed by atoms with E-state index in [2.05, 4.69) is 22.2 Å². The summed E-state index contributed by atoms with van der Waals surface area (Å²) in [4.78, 5) is 47.0. The fourth-order valence-electron chi connectivity index (χ4n) is 4.27. The lowest BCUT2D eigenvalue weighted by Crippen LogP contribution is -2.49. The Kier molecular flexibility index (Phi) is 5.27. The maximum atomic E-state index is 12.9. The van der Waals surface area contributed by atoms with E-state index < -0.39 is 24.1 Å². The normalized spacial score (nSPS) is 23.8. The predicted molar refractivity (Wildman–Crippen MR) is 109 cm³/mol. The number of nitrogens with two attached hydrogens (primary N) is 1. The molecule has 3 amide bonds. The monoisotopic (exact) mass is 411 g/mol. The Labute approximate surface area is 174 Å². The van der Waals surface area contributed by atoms with E-state index in [1.165, 1.54) is 0 Å². The summed E-state index contributed by atoms with van der Waals surface area (Å²) in [6, 6.07) is 6.71. The first-order valence-corrected chi connectivity index (χ1v) is 10.2. The van der Waals surface area contributed by atoms with Gasteiger partial charge in [0.1, 0.15) is 17.9 Å². The second-order valence-corrected chi connectivity index (χ2v) is 7.96. The SMILES string of the molecule is CCC1CCC2(CC1)NC(=O)N(CC(=O)OCc1nc(N)c3ccccc3n1)C2=O. The minimum Gasteiger partial charge on any atom is -0.456 e. The molecule has 1 spiro atoms. The smallest absolute Gasteiger partial charge is 0.326 e. The summed E-state index contributed by atoms with van der Waals surface area (Å²) in [5.41, 5.74) is 5.71. The maximum absolute atomic E-state index is 12.9. The number of fused-ring (bicyclic) bond motifs is 1. The lowest BCUT2D eigenvalue weighted by Gasteiger charge is -2.34. The Morgan fingerprint density at radius 3 is 2.73 bits per heavy atom. The van der Waals surface area contributed by atoms with Gasteiger partial charge >= 0.3 is 12.0 Å². The number of rotatable bonds is 5. The third kappa shape index (κ3) is 3.67. The lowest BCUT2D eigenvalue weighted by molar-refractivity contribution is -0.149. The molecule has 1 saturated carbocycles. The van der Waals surface area contributed by atoms with Crippen LogP contribution in [0.2, 0.25) is 0 Å². The molecule has 1 aromatic carbocycles. The summed E-state index contributed by atoms with van der Waals surface area (Å²) < 4.78 is 5.21. The summed E-state index contributed by atoms with van der Waals surface area (Å²) in [6.45, 7) is 1.50. The highest BCUT2D eigenvalue weighted by atomic mass is 16.5. The number of ether oxygens (including phenoxy) is 1. The Balaban J connectivity index is 1.37. The highest BCUT2D eigenvalue weighted by Crippen LogP contribution is 2.37. The van der Waals surface area contributed by atoms with Gasteiger partial charge in [-0.3, -0.25) is 14.5 Å². The van der Waals surface area contributed by atoms with E-state index in [9.17, 15) is 14.4 Å². The molecule has 1 aliphatic carbocycles. The van der Waals surface area contributed by atoms with Crippen LogP contribution in [0.5, 0.6) is 0 Å². The number of amides is 3. The van der Waals surface area contributed by atoms with Crippen LogP contribution in [0, 0.1) is 5.92 Å². The second kappa shape index (κ2) is 7.89. The Hall–Kier alpha value is -3.23. The number of carbonyl (C=O) groups excluding carboxylic acids is 3. The summed E-state index contributed by atoms with van der Waals surface area (Å²) in [7, 11) is 0. The van der Waals surface area contributed by atoms with Crippen LogP contribution in [0.4, 0.5) is 10.6 Å². The summed E-state index contributed by atoms with van der Waals surface area (Å²) in [5.74, 6) is 0.0866. The third-order valence-electron chi connectivity index (χ3n) is 6.11. The Morgan fingerprint density at radius 2 is 2.00 bits per heavy atom. The third-order valence-corrected chi connectivity index (χ3v) is 6.11. The van der Waals surface area contributed by atoms with Gasteiger partial charge in [-0.15, -0.1) is 0 Å². The topological polar surface area (TPSA) is 128 Å². The van der Waals surface area contributed by atoms with E-state index in [1.807, 2.05) is 18.2 Å². The standard InChI is InChI=1S/C21H25N5O4/c1-2-13-7-9-21(10-8-13)19(28)26(20(29)25-21)11-17(27)30-12-16-23-15-6-4-3-5-14(15)18(22)24-16/h3-6,13H,2,7-12H2,1H3,(H,25,29)(H2,22,23,24). The minimum atomic E-state index is -0.876. The number of carbonyl (C=O) groups is 3. The van der Waals surface area contributed by atoms with Gasteiger partial charge in [0.2, 0.25) is 0 Å². The predicted octanol–water partition coefficient (Wildman–Crippen LogP) is 2.15. The van der Waals surface area contributed by atoms with Crippen molar-refractivity contribution in [3.05, 3.63) is 30.1 Å². The second-order valence-electron chi connectivity index (χ2n) is 7.96. The number of aromatic nitrogens is 2. The zero-order valence-corrected chi connectivity index (χ0v) is 16.9. The first kappa shape index (κ1) is 20.1. The van der Waals surface area contributed by atoms with E-state index in [-0.39, 0.29) is 18.3 Å². The van der Waals surface area contributed by atoms with E-state index in [4.69, 9.17) is 10.5 Å². The van der Waals surface area contributed by atoms with Gasteiger partial charge in [0.25, 0.3) is 5.91 Å². The number of imide groups is 1. The molecule has 0 bridgehead atoms. The Morgan fingerprint density at radius 1 is 1.27 bits per heavy atom. The van der Waals surface area contributed by atoms with Crippen molar-refractivity contribution < 1.29 is 19.1 Å².